The standard InChI is InChI=1S/C15H13NO/c17-12-15-8-4-7-14(9-15)11-16-10-13-5-2-1-3-6-13/h1-9,11-12H,10H2. The van der Waals surface area contributed by atoms with E-state index in [0.717, 1.165) is 11.8 Å². The first-order valence-electron chi connectivity index (χ1n) is 5.47. The fourth-order valence-electron chi connectivity index (χ4n) is 1.55. The van der Waals surface area contributed by atoms with Crippen molar-refractivity contribution in [3.63, 3.8) is 0 Å². The van der Waals surface area contributed by atoms with Crippen molar-refractivity contribution in [1.29, 1.82) is 0 Å². The average Bonchev–Trinajstić information content (AvgIpc) is 2.40. The van der Waals surface area contributed by atoms with Crippen LogP contribution in [0.5, 0.6) is 0 Å². The molecule has 0 aliphatic carbocycles. The van der Waals surface area contributed by atoms with E-state index in [0.29, 0.717) is 12.1 Å². The molecule has 0 spiro atoms. The molecular weight excluding hydrogens is 210 g/mol. The van der Waals surface area contributed by atoms with Crippen LogP contribution in [0.1, 0.15) is 21.5 Å². The fraction of sp³-hybridized carbons (Fsp3) is 0.0667. The lowest BCUT2D eigenvalue weighted by atomic mass is 10.1. The largest absolute Gasteiger partial charge is 0.298 e. The molecule has 0 N–H and O–H groups in total. The van der Waals surface area contributed by atoms with Crippen molar-refractivity contribution in [3.8, 4) is 0 Å². The maximum Gasteiger partial charge on any atom is 0.150 e. The molecule has 17 heavy (non-hydrogen) atoms. The molecule has 2 aromatic rings. The van der Waals surface area contributed by atoms with Gasteiger partial charge >= 0.3 is 0 Å². The molecular formula is C15H13NO. The van der Waals surface area contributed by atoms with Crippen molar-refractivity contribution in [3.05, 3.63) is 71.3 Å². The number of carbonyl (C=O) groups excluding carboxylic acids is 1. The summed E-state index contributed by atoms with van der Waals surface area (Å²) in [6.07, 6.45) is 2.63. The fourth-order valence-corrected chi connectivity index (χ4v) is 1.55. The molecule has 0 aromatic heterocycles. The summed E-state index contributed by atoms with van der Waals surface area (Å²) >= 11 is 0. The highest BCUT2D eigenvalue weighted by Crippen LogP contribution is 2.03. The first kappa shape index (κ1) is 11.3. The Morgan fingerprint density at radius 1 is 0.941 bits per heavy atom. The van der Waals surface area contributed by atoms with E-state index in [1.807, 2.05) is 48.5 Å². The van der Waals surface area contributed by atoms with Gasteiger partial charge in [0.2, 0.25) is 0 Å². The first-order chi connectivity index (χ1) is 8.38. The quantitative estimate of drug-likeness (QED) is 0.578. The third-order valence-electron chi connectivity index (χ3n) is 2.40. The van der Waals surface area contributed by atoms with Gasteiger partial charge < -0.3 is 0 Å². The Morgan fingerprint density at radius 2 is 1.71 bits per heavy atom. The van der Waals surface area contributed by atoms with Gasteiger partial charge in [-0.15, -0.1) is 0 Å². The van der Waals surface area contributed by atoms with Gasteiger partial charge in [0, 0.05) is 11.8 Å². The summed E-state index contributed by atoms with van der Waals surface area (Å²) in [5.41, 5.74) is 2.80. The minimum atomic E-state index is 0.659. The molecule has 0 aliphatic rings. The lowest BCUT2D eigenvalue weighted by molar-refractivity contribution is 0.112. The Kier molecular flexibility index (Phi) is 3.81. The highest BCUT2D eigenvalue weighted by Gasteiger charge is 1.91. The zero-order valence-corrected chi connectivity index (χ0v) is 9.41. The van der Waals surface area contributed by atoms with Crippen LogP contribution in [0.25, 0.3) is 0 Å². The van der Waals surface area contributed by atoms with Gasteiger partial charge in [-0.05, 0) is 17.2 Å². The predicted molar refractivity (Wildman–Crippen MR) is 69.6 cm³/mol. The second-order valence-corrected chi connectivity index (χ2v) is 3.74. The molecule has 2 heteroatoms. The Hall–Kier alpha value is -2.22. The summed E-state index contributed by atoms with van der Waals surface area (Å²) in [6, 6.07) is 17.5. The highest BCUT2D eigenvalue weighted by molar-refractivity contribution is 5.84. The van der Waals surface area contributed by atoms with Crippen molar-refractivity contribution in [2.24, 2.45) is 4.99 Å². The summed E-state index contributed by atoms with van der Waals surface area (Å²) in [5, 5.41) is 0. The van der Waals surface area contributed by atoms with E-state index in [1.54, 1.807) is 12.3 Å². The lowest BCUT2D eigenvalue weighted by Gasteiger charge is -1.96. The lowest BCUT2D eigenvalue weighted by Crippen LogP contribution is -1.86. The first-order valence-corrected chi connectivity index (χ1v) is 5.47. The van der Waals surface area contributed by atoms with Crippen LogP contribution in [-0.2, 0) is 6.54 Å². The number of hydrogen-bond acceptors (Lipinski definition) is 2. The van der Waals surface area contributed by atoms with Gasteiger partial charge in [0.05, 0.1) is 6.54 Å². The van der Waals surface area contributed by atoms with E-state index < -0.39 is 0 Å². The Labute approximate surface area is 101 Å². The minimum Gasteiger partial charge on any atom is -0.298 e. The Morgan fingerprint density at radius 3 is 2.47 bits per heavy atom. The molecule has 0 heterocycles. The second-order valence-electron chi connectivity index (χ2n) is 3.74. The molecule has 0 atom stereocenters. The van der Waals surface area contributed by atoms with E-state index in [2.05, 4.69) is 4.99 Å². The third-order valence-corrected chi connectivity index (χ3v) is 2.40. The van der Waals surface area contributed by atoms with E-state index >= 15 is 0 Å². The average molecular weight is 223 g/mol. The molecule has 2 aromatic carbocycles. The number of hydrogen-bond donors (Lipinski definition) is 0. The third kappa shape index (κ3) is 3.38. The molecule has 84 valence electrons. The van der Waals surface area contributed by atoms with Crippen LogP contribution in [0.15, 0.2) is 59.6 Å². The van der Waals surface area contributed by atoms with Crippen LogP contribution in [0.3, 0.4) is 0 Å². The summed E-state index contributed by atoms with van der Waals surface area (Å²) in [5.74, 6) is 0. The van der Waals surface area contributed by atoms with E-state index in [1.165, 1.54) is 5.56 Å². The highest BCUT2D eigenvalue weighted by atomic mass is 16.1. The molecule has 0 amide bonds. The number of carbonyl (C=O) groups is 1. The topological polar surface area (TPSA) is 29.4 Å². The van der Waals surface area contributed by atoms with Crippen LogP contribution in [0.4, 0.5) is 0 Å². The number of benzene rings is 2. The normalized spacial score (nSPS) is 10.6. The zero-order valence-electron chi connectivity index (χ0n) is 9.41. The number of aliphatic imine (C=N–C) groups is 1. The SMILES string of the molecule is O=Cc1cccc(C=NCc2ccccc2)c1. The van der Waals surface area contributed by atoms with E-state index in [-0.39, 0.29) is 0 Å². The van der Waals surface area contributed by atoms with Crippen molar-refractivity contribution in [2.45, 2.75) is 6.54 Å². The van der Waals surface area contributed by atoms with Crippen LogP contribution in [0.2, 0.25) is 0 Å². The predicted octanol–water partition coefficient (Wildman–Crippen LogP) is 3.12. The van der Waals surface area contributed by atoms with Crippen molar-refractivity contribution >= 4 is 12.5 Å². The number of aldehydes is 1. The van der Waals surface area contributed by atoms with Gasteiger partial charge in [0.15, 0.2) is 0 Å². The van der Waals surface area contributed by atoms with Gasteiger partial charge in [-0.25, -0.2) is 0 Å². The minimum absolute atomic E-state index is 0.659. The van der Waals surface area contributed by atoms with Crippen LogP contribution >= 0.6 is 0 Å². The maximum atomic E-state index is 10.6. The summed E-state index contributed by atoms with van der Waals surface area (Å²) in [7, 11) is 0. The molecule has 2 nitrogen and oxygen atoms in total. The van der Waals surface area contributed by atoms with Gasteiger partial charge in [-0.3, -0.25) is 9.79 Å². The van der Waals surface area contributed by atoms with Crippen LogP contribution in [0, 0.1) is 0 Å². The van der Waals surface area contributed by atoms with Gasteiger partial charge in [0.25, 0.3) is 0 Å². The summed E-state index contributed by atoms with van der Waals surface area (Å²) < 4.78 is 0. The number of nitrogens with zero attached hydrogens (tertiary/aromatic N) is 1. The second kappa shape index (κ2) is 5.75. The van der Waals surface area contributed by atoms with Gasteiger partial charge in [0.1, 0.15) is 6.29 Å². The molecule has 0 unspecified atom stereocenters. The molecule has 0 radical (unpaired) electrons. The van der Waals surface area contributed by atoms with Crippen LogP contribution < -0.4 is 0 Å². The monoisotopic (exact) mass is 223 g/mol. The van der Waals surface area contributed by atoms with Crippen molar-refractivity contribution in [1.82, 2.24) is 0 Å². The maximum absolute atomic E-state index is 10.6. The number of rotatable bonds is 4. The van der Waals surface area contributed by atoms with Crippen LogP contribution in [-0.4, -0.2) is 12.5 Å². The molecule has 0 saturated heterocycles. The Bertz CT molecular complexity index is 517. The van der Waals surface area contributed by atoms with Gasteiger partial charge in [-0.2, -0.15) is 0 Å². The van der Waals surface area contributed by atoms with E-state index in [4.69, 9.17) is 0 Å². The van der Waals surface area contributed by atoms with Crippen molar-refractivity contribution < 1.29 is 4.79 Å². The smallest absolute Gasteiger partial charge is 0.150 e. The molecule has 0 aliphatic heterocycles. The summed E-state index contributed by atoms with van der Waals surface area (Å²) in [6.45, 7) is 0.659. The Balaban J connectivity index is 2.03. The molecule has 2 rings (SSSR count). The molecule has 0 saturated carbocycles. The zero-order chi connectivity index (χ0) is 11.9. The van der Waals surface area contributed by atoms with Gasteiger partial charge in [-0.1, -0.05) is 48.5 Å². The molecule has 0 bridgehead atoms. The van der Waals surface area contributed by atoms with E-state index in [9.17, 15) is 4.79 Å². The van der Waals surface area contributed by atoms with Crippen molar-refractivity contribution in [2.75, 3.05) is 0 Å². The molecule has 0 fully saturated rings. The summed E-state index contributed by atoms with van der Waals surface area (Å²) in [4.78, 5) is 15.0.